The Labute approximate surface area is 215 Å². The van der Waals surface area contributed by atoms with E-state index in [0.717, 1.165) is 44.1 Å². The first-order valence-electron chi connectivity index (χ1n) is 11.8. The second-order valence-electron chi connectivity index (χ2n) is 8.90. The van der Waals surface area contributed by atoms with Crippen LogP contribution >= 0.6 is 11.6 Å². The molecule has 2 aromatic carbocycles. The molecule has 1 saturated carbocycles. The van der Waals surface area contributed by atoms with Crippen molar-refractivity contribution in [2.24, 2.45) is 0 Å². The van der Waals surface area contributed by atoms with Gasteiger partial charge in [0, 0.05) is 23.7 Å². The zero-order valence-electron chi connectivity index (χ0n) is 20.2. The molecular formula is C25H30ClF2N3O4S. The van der Waals surface area contributed by atoms with E-state index in [9.17, 15) is 26.8 Å². The average molecular weight is 542 g/mol. The van der Waals surface area contributed by atoms with E-state index in [0.29, 0.717) is 21.0 Å². The molecule has 1 aliphatic carbocycles. The van der Waals surface area contributed by atoms with E-state index in [-0.39, 0.29) is 30.6 Å². The van der Waals surface area contributed by atoms with Crippen molar-refractivity contribution in [3.05, 3.63) is 64.7 Å². The van der Waals surface area contributed by atoms with Crippen LogP contribution in [-0.4, -0.2) is 50.0 Å². The highest BCUT2D eigenvalue weighted by atomic mass is 35.5. The number of amides is 2. The van der Waals surface area contributed by atoms with Gasteiger partial charge in [0.15, 0.2) is 11.6 Å². The second kappa shape index (κ2) is 12.0. The van der Waals surface area contributed by atoms with Crippen LogP contribution in [0, 0.1) is 11.6 Å². The maximum Gasteiger partial charge on any atom is 0.244 e. The number of nitrogens with zero attached hydrogens (tertiary/aromatic N) is 2. The summed E-state index contributed by atoms with van der Waals surface area (Å²) in [6.07, 6.45) is 4.89. The number of hydrogen-bond acceptors (Lipinski definition) is 4. The normalized spacial score (nSPS) is 14.9. The van der Waals surface area contributed by atoms with Gasteiger partial charge < -0.3 is 10.2 Å². The fraction of sp³-hybridized carbons (Fsp3) is 0.440. The zero-order valence-corrected chi connectivity index (χ0v) is 21.8. The summed E-state index contributed by atoms with van der Waals surface area (Å²) in [5.41, 5.74) is 0.379. The van der Waals surface area contributed by atoms with Gasteiger partial charge in [-0.1, -0.05) is 49.6 Å². The molecule has 0 radical (unpaired) electrons. The first-order valence-corrected chi connectivity index (χ1v) is 14.0. The van der Waals surface area contributed by atoms with Crippen molar-refractivity contribution in [3.8, 4) is 0 Å². The molecule has 0 heterocycles. The lowest BCUT2D eigenvalue weighted by Gasteiger charge is -2.33. The number of halogens is 3. The van der Waals surface area contributed by atoms with Crippen LogP contribution in [0.3, 0.4) is 0 Å². The van der Waals surface area contributed by atoms with Crippen molar-refractivity contribution >= 4 is 39.1 Å². The minimum atomic E-state index is -4.06. The highest BCUT2D eigenvalue weighted by Crippen LogP contribution is 2.24. The van der Waals surface area contributed by atoms with Crippen LogP contribution in [0.2, 0.25) is 5.02 Å². The summed E-state index contributed by atoms with van der Waals surface area (Å²) in [7, 11) is -4.06. The van der Waals surface area contributed by atoms with Gasteiger partial charge >= 0.3 is 0 Å². The summed E-state index contributed by atoms with van der Waals surface area (Å²) in [6, 6.07) is 8.57. The van der Waals surface area contributed by atoms with Gasteiger partial charge in [-0.25, -0.2) is 17.2 Å². The van der Waals surface area contributed by atoms with E-state index in [1.54, 1.807) is 31.2 Å². The molecule has 0 aromatic heterocycles. The number of hydrogen-bond donors (Lipinski definition) is 1. The molecule has 0 spiro atoms. The summed E-state index contributed by atoms with van der Waals surface area (Å²) in [6.45, 7) is 1.02. The first-order chi connectivity index (χ1) is 17.0. The van der Waals surface area contributed by atoms with E-state index in [1.807, 2.05) is 0 Å². The number of anilines is 1. The van der Waals surface area contributed by atoms with Crippen LogP contribution in [0.15, 0.2) is 42.5 Å². The molecule has 0 bridgehead atoms. The molecule has 2 amide bonds. The Balaban J connectivity index is 1.94. The molecule has 196 valence electrons. The Morgan fingerprint density at radius 2 is 1.78 bits per heavy atom. The van der Waals surface area contributed by atoms with Gasteiger partial charge in [-0.3, -0.25) is 13.9 Å². The highest BCUT2D eigenvalue weighted by molar-refractivity contribution is 7.92. The zero-order chi connectivity index (χ0) is 26.5. The van der Waals surface area contributed by atoms with Crippen LogP contribution in [0.5, 0.6) is 0 Å². The first kappa shape index (κ1) is 27.9. The molecule has 36 heavy (non-hydrogen) atoms. The number of benzene rings is 2. The Hall–Kier alpha value is -2.72. The number of carbonyl (C=O) groups is 2. The standard InChI is InChI=1S/C25H30ClF2N3O4S/c1-3-23(25(33)29-18-9-5-6-10-18)30(15-17-8-4-7-11-20(17)26)24(32)16-31(36(2,34)35)19-12-13-21(27)22(28)14-19/h4,7-8,11-14,18,23H,3,5-6,9-10,15-16H2,1-2H3,(H,29,33)/t23-/m1/s1. The van der Waals surface area contributed by atoms with Gasteiger partial charge in [0.1, 0.15) is 12.6 Å². The van der Waals surface area contributed by atoms with Crippen LogP contribution < -0.4 is 9.62 Å². The predicted octanol–water partition coefficient (Wildman–Crippen LogP) is 4.25. The van der Waals surface area contributed by atoms with Crippen molar-refractivity contribution in [3.63, 3.8) is 0 Å². The van der Waals surface area contributed by atoms with E-state index >= 15 is 0 Å². The van der Waals surface area contributed by atoms with Crippen molar-refractivity contribution in [2.75, 3.05) is 17.1 Å². The second-order valence-corrected chi connectivity index (χ2v) is 11.2. The molecular weight excluding hydrogens is 512 g/mol. The molecule has 0 saturated heterocycles. The topological polar surface area (TPSA) is 86.8 Å². The SMILES string of the molecule is CC[C@H](C(=O)NC1CCCC1)N(Cc1ccccc1Cl)C(=O)CN(c1ccc(F)c(F)c1)S(C)(=O)=O. The third-order valence-electron chi connectivity index (χ3n) is 6.26. The quantitative estimate of drug-likeness (QED) is 0.487. The van der Waals surface area contributed by atoms with Crippen LogP contribution in [0.4, 0.5) is 14.5 Å². The van der Waals surface area contributed by atoms with Crippen molar-refractivity contribution < 1.29 is 26.8 Å². The van der Waals surface area contributed by atoms with Gasteiger partial charge in [0.25, 0.3) is 0 Å². The molecule has 0 aliphatic heterocycles. The highest BCUT2D eigenvalue weighted by Gasteiger charge is 2.33. The van der Waals surface area contributed by atoms with Crippen LogP contribution in [0.25, 0.3) is 0 Å². The van der Waals surface area contributed by atoms with E-state index in [4.69, 9.17) is 11.6 Å². The van der Waals surface area contributed by atoms with Gasteiger partial charge in [-0.2, -0.15) is 0 Å². The number of sulfonamides is 1. The minimum Gasteiger partial charge on any atom is -0.352 e. The molecule has 11 heteroatoms. The Bertz CT molecular complexity index is 1210. The van der Waals surface area contributed by atoms with Crippen molar-refractivity contribution in [2.45, 2.75) is 57.7 Å². The lowest BCUT2D eigenvalue weighted by Crippen LogP contribution is -2.53. The maximum absolute atomic E-state index is 13.9. The largest absolute Gasteiger partial charge is 0.352 e. The fourth-order valence-electron chi connectivity index (χ4n) is 4.35. The molecule has 3 rings (SSSR count). The lowest BCUT2D eigenvalue weighted by atomic mass is 10.1. The smallest absolute Gasteiger partial charge is 0.244 e. The number of nitrogens with one attached hydrogen (secondary N) is 1. The summed E-state index contributed by atoms with van der Waals surface area (Å²) in [5, 5.41) is 3.40. The Morgan fingerprint density at radius 1 is 1.11 bits per heavy atom. The van der Waals surface area contributed by atoms with Crippen molar-refractivity contribution in [1.82, 2.24) is 10.2 Å². The molecule has 1 N–H and O–H groups in total. The summed E-state index contributed by atoms with van der Waals surface area (Å²) in [4.78, 5) is 28.1. The average Bonchev–Trinajstić information content (AvgIpc) is 3.32. The summed E-state index contributed by atoms with van der Waals surface area (Å²) < 4.78 is 53.1. The summed E-state index contributed by atoms with van der Waals surface area (Å²) in [5.74, 6) is -3.40. The third kappa shape index (κ3) is 6.94. The van der Waals surface area contributed by atoms with Gasteiger partial charge in [-0.15, -0.1) is 0 Å². The predicted molar refractivity (Wildman–Crippen MR) is 135 cm³/mol. The molecule has 2 aromatic rings. The Kier molecular flexibility index (Phi) is 9.30. The van der Waals surface area contributed by atoms with E-state index in [1.165, 1.54) is 4.90 Å². The monoisotopic (exact) mass is 541 g/mol. The maximum atomic E-state index is 13.9. The Morgan fingerprint density at radius 3 is 2.36 bits per heavy atom. The number of carbonyl (C=O) groups excluding carboxylic acids is 2. The lowest BCUT2D eigenvalue weighted by molar-refractivity contribution is -0.140. The molecule has 1 aliphatic rings. The molecule has 7 nitrogen and oxygen atoms in total. The molecule has 0 unspecified atom stereocenters. The van der Waals surface area contributed by atoms with Gasteiger partial charge in [0.05, 0.1) is 11.9 Å². The summed E-state index contributed by atoms with van der Waals surface area (Å²) >= 11 is 6.32. The fourth-order valence-corrected chi connectivity index (χ4v) is 5.39. The minimum absolute atomic E-state index is 0.0264. The van der Waals surface area contributed by atoms with E-state index in [2.05, 4.69) is 5.32 Å². The number of rotatable bonds is 10. The molecule has 1 atom stereocenters. The van der Waals surface area contributed by atoms with Crippen molar-refractivity contribution in [1.29, 1.82) is 0 Å². The van der Waals surface area contributed by atoms with E-state index < -0.39 is 40.2 Å². The molecule has 1 fully saturated rings. The van der Waals surface area contributed by atoms with Gasteiger partial charge in [0.2, 0.25) is 21.8 Å². The third-order valence-corrected chi connectivity index (χ3v) is 7.77. The van der Waals surface area contributed by atoms with Gasteiger partial charge in [-0.05, 0) is 43.0 Å². The van der Waals surface area contributed by atoms with Crippen LogP contribution in [0.1, 0.15) is 44.6 Å². The van der Waals surface area contributed by atoms with Crippen LogP contribution in [-0.2, 0) is 26.2 Å².